The molecule has 2 rings (SSSR count). The number of amides is 2. The number of methoxy groups -OCH3 is 2. The average Bonchev–Trinajstić information content (AvgIpc) is 3.29. The summed E-state index contributed by atoms with van der Waals surface area (Å²) in [6.07, 6.45) is 4.62. The molecule has 162 valence electrons. The van der Waals surface area contributed by atoms with Crippen LogP contribution in [0.5, 0.6) is 0 Å². The molecule has 29 heavy (non-hydrogen) atoms. The predicted octanol–water partition coefficient (Wildman–Crippen LogP) is 1.05. The third-order valence-electron chi connectivity index (χ3n) is 5.90. The van der Waals surface area contributed by atoms with Crippen LogP contribution in [0.1, 0.15) is 34.1 Å². The maximum absolute atomic E-state index is 13.1. The van der Waals surface area contributed by atoms with Gasteiger partial charge in [0.1, 0.15) is 12.1 Å². The Balaban J connectivity index is 2.19. The predicted molar refractivity (Wildman–Crippen MR) is 105 cm³/mol. The lowest BCUT2D eigenvalue weighted by Crippen LogP contribution is -2.53. The van der Waals surface area contributed by atoms with Crippen molar-refractivity contribution in [1.29, 1.82) is 0 Å². The second kappa shape index (κ2) is 9.41. The summed E-state index contributed by atoms with van der Waals surface area (Å²) in [6, 6.07) is -1.56. The molecule has 0 unspecified atom stereocenters. The van der Waals surface area contributed by atoms with Crippen molar-refractivity contribution in [2.45, 2.75) is 46.2 Å². The molecule has 1 saturated carbocycles. The molecule has 0 aromatic carbocycles. The molecule has 0 spiro atoms. The molecule has 2 amide bonds. The Morgan fingerprint density at radius 3 is 1.38 bits per heavy atom. The van der Waals surface area contributed by atoms with Gasteiger partial charge in [0.2, 0.25) is 11.8 Å². The third-order valence-corrected chi connectivity index (χ3v) is 5.90. The van der Waals surface area contributed by atoms with Crippen LogP contribution in [0.2, 0.25) is 0 Å². The van der Waals surface area contributed by atoms with Crippen LogP contribution in [-0.4, -0.2) is 50.1 Å². The molecular formula is C21H32N2O6. The summed E-state index contributed by atoms with van der Waals surface area (Å²) in [5.74, 6) is -3.36. The van der Waals surface area contributed by atoms with E-state index in [4.69, 9.17) is 9.47 Å². The van der Waals surface area contributed by atoms with E-state index in [0.29, 0.717) is 6.42 Å². The Bertz CT molecular complexity index is 631. The molecule has 8 heteroatoms. The van der Waals surface area contributed by atoms with Gasteiger partial charge in [-0.15, -0.1) is 0 Å². The zero-order valence-corrected chi connectivity index (χ0v) is 17.9. The average molecular weight is 408 g/mol. The van der Waals surface area contributed by atoms with Crippen LogP contribution in [0.25, 0.3) is 0 Å². The van der Waals surface area contributed by atoms with Gasteiger partial charge in [-0.3, -0.25) is 9.59 Å². The number of carbonyl (C=O) groups excluding carboxylic acids is 4. The van der Waals surface area contributed by atoms with E-state index in [1.165, 1.54) is 14.2 Å². The molecule has 0 aromatic heterocycles. The summed E-state index contributed by atoms with van der Waals surface area (Å²) in [6.45, 7) is 7.26. The van der Waals surface area contributed by atoms with E-state index in [1.54, 1.807) is 0 Å². The quantitative estimate of drug-likeness (QED) is 0.459. The van der Waals surface area contributed by atoms with Crippen molar-refractivity contribution in [3.05, 3.63) is 12.2 Å². The SMILES string of the molecule is COC(=O)[C@@H](NC(=O)[C@@H]1[C@H](C(=O)N[C@H](C(=O)OC)C(C)C)[C@@H]2C=C[C@H]1C2)C(C)C. The highest BCUT2D eigenvalue weighted by molar-refractivity contribution is 5.93. The van der Waals surface area contributed by atoms with E-state index in [1.807, 2.05) is 39.8 Å². The number of ether oxygens (including phenoxy) is 2. The molecule has 0 aromatic rings. The fraction of sp³-hybridized carbons (Fsp3) is 0.714. The van der Waals surface area contributed by atoms with E-state index < -0.39 is 35.9 Å². The number of esters is 2. The van der Waals surface area contributed by atoms with Crippen LogP contribution >= 0.6 is 0 Å². The number of fused-ring (bicyclic) bond motifs is 2. The van der Waals surface area contributed by atoms with Gasteiger partial charge in [-0.05, 0) is 30.1 Å². The van der Waals surface area contributed by atoms with Crippen molar-refractivity contribution in [3.8, 4) is 0 Å². The fourth-order valence-corrected chi connectivity index (χ4v) is 4.29. The van der Waals surface area contributed by atoms with Gasteiger partial charge in [-0.25, -0.2) is 9.59 Å². The zero-order valence-electron chi connectivity index (χ0n) is 17.9. The van der Waals surface area contributed by atoms with Crippen molar-refractivity contribution in [1.82, 2.24) is 10.6 Å². The second-order valence-electron chi connectivity index (χ2n) is 8.51. The van der Waals surface area contributed by atoms with E-state index in [2.05, 4.69) is 10.6 Å². The summed E-state index contributed by atoms with van der Waals surface area (Å²) in [7, 11) is 2.55. The second-order valence-corrected chi connectivity index (χ2v) is 8.51. The van der Waals surface area contributed by atoms with Crippen molar-refractivity contribution >= 4 is 23.8 Å². The topological polar surface area (TPSA) is 111 Å². The van der Waals surface area contributed by atoms with Gasteiger partial charge in [0.25, 0.3) is 0 Å². The van der Waals surface area contributed by atoms with Gasteiger partial charge in [0.05, 0.1) is 26.1 Å². The zero-order chi connectivity index (χ0) is 21.9. The number of hydrogen-bond donors (Lipinski definition) is 2. The van der Waals surface area contributed by atoms with Crippen molar-refractivity contribution in [3.63, 3.8) is 0 Å². The van der Waals surface area contributed by atoms with Crippen molar-refractivity contribution in [2.75, 3.05) is 14.2 Å². The number of hydrogen-bond acceptors (Lipinski definition) is 6. The molecule has 8 nitrogen and oxygen atoms in total. The lowest BCUT2D eigenvalue weighted by Gasteiger charge is -2.30. The molecule has 2 bridgehead atoms. The molecule has 2 aliphatic carbocycles. The Morgan fingerprint density at radius 2 is 1.10 bits per heavy atom. The van der Waals surface area contributed by atoms with E-state index in [9.17, 15) is 19.2 Å². The molecule has 1 fully saturated rings. The maximum Gasteiger partial charge on any atom is 0.328 e. The Labute approximate surface area is 171 Å². The molecular weight excluding hydrogens is 376 g/mol. The minimum absolute atomic E-state index is 0.0724. The highest BCUT2D eigenvalue weighted by Crippen LogP contribution is 2.48. The minimum atomic E-state index is -0.780. The largest absolute Gasteiger partial charge is 0.467 e. The molecule has 0 saturated heterocycles. The van der Waals surface area contributed by atoms with Gasteiger partial charge >= 0.3 is 11.9 Å². The number of carbonyl (C=O) groups is 4. The lowest BCUT2D eigenvalue weighted by atomic mass is 9.81. The minimum Gasteiger partial charge on any atom is -0.467 e. The standard InChI is InChI=1S/C21H32N2O6/c1-10(2)16(20(26)28-5)22-18(24)14-12-7-8-13(9-12)15(14)19(25)23-17(11(3)4)21(27)29-6/h7-8,10-17H,9H2,1-6H3,(H,22,24)(H,23,25)/t12-,13+,14-,15+,16-,17-/m0/s1. The first-order valence-electron chi connectivity index (χ1n) is 10.1. The molecule has 0 radical (unpaired) electrons. The van der Waals surface area contributed by atoms with Crippen molar-refractivity contribution < 1.29 is 28.7 Å². The summed E-state index contributed by atoms with van der Waals surface area (Å²) in [5, 5.41) is 5.54. The Hall–Kier alpha value is -2.38. The molecule has 0 heterocycles. The maximum atomic E-state index is 13.1. The fourth-order valence-electron chi connectivity index (χ4n) is 4.29. The van der Waals surface area contributed by atoms with Gasteiger partial charge < -0.3 is 20.1 Å². The van der Waals surface area contributed by atoms with E-state index in [-0.39, 0.29) is 35.5 Å². The molecule has 6 atom stereocenters. The first-order chi connectivity index (χ1) is 13.6. The first kappa shape index (κ1) is 22.9. The van der Waals surface area contributed by atoms with Crippen LogP contribution in [0.4, 0.5) is 0 Å². The van der Waals surface area contributed by atoms with E-state index in [0.717, 1.165) is 0 Å². The molecule has 0 aliphatic heterocycles. The molecule has 2 aliphatic rings. The Kier molecular flexibility index (Phi) is 7.43. The first-order valence-corrected chi connectivity index (χ1v) is 10.1. The highest BCUT2D eigenvalue weighted by Gasteiger charge is 2.52. The Morgan fingerprint density at radius 1 is 0.759 bits per heavy atom. The van der Waals surface area contributed by atoms with Gasteiger partial charge in [0, 0.05) is 0 Å². The summed E-state index contributed by atoms with van der Waals surface area (Å²) < 4.78 is 9.59. The highest BCUT2D eigenvalue weighted by atomic mass is 16.5. The van der Waals surface area contributed by atoms with Gasteiger partial charge in [0.15, 0.2) is 0 Å². The van der Waals surface area contributed by atoms with E-state index >= 15 is 0 Å². The smallest absolute Gasteiger partial charge is 0.328 e. The normalized spacial score (nSPS) is 26.9. The molecule has 2 N–H and O–H groups in total. The lowest BCUT2D eigenvalue weighted by molar-refractivity contribution is -0.149. The number of nitrogens with one attached hydrogen (secondary N) is 2. The summed E-state index contributed by atoms with van der Waals surface area (Å²) >= 11 is 0. The summed E-state index contributed by atoms with van der Waals surface area (Å²) in [4.78, 5) is 50.2. The van der Waals surface area contributed by atoms with Gasteiger partial charge in [-0.2, -0.15) is 0 Å². The van der Waals surface area contributed by atoms with Crippen molar-refractivity contribution in [2.24, 2.45) is 35.5 Å². The number of allylic oxidation sites excluding steroid dienone is 2. The van der Waals surface area contributed by atoms with Crippen LogP contribution in [0.15, 0.2) is 12.2 Å². The van der Waals surface area contributed by atoms with Crippen LogP contribution in [-0.2, 0) is 28.7 Å². The monoisotopic (exact) mass is 408 g/mol. The number of rotatable bonds is 8. The van der Waals surface area contributed by atoms with Gasteiger partial charge in [-0.1, -0.05) is 39.8 Å². The van der Waals surface area contributed by atoms with Crippen LogP contribution in [0.3, 0.4) is 0 Å². The van der Waals surface area contributed by atoms with Crippen LogP contribution < -0.4 is 10.6 Å². The van der Waals surface area contributed by atoms with Crippen LogP contribution in [0, 0.1) is 35.5 Å². The summed E-state index contributed by atoms with van der Waals surface area (Å²) in [5.41, 5.74) is 0. The third kappa shape index (κ3) is 4.79.